The third-order valence-electron chi connectivity index (χ3n) is 5.99. The fourth-order valence-corrected chi connectivity index (χ4v) is 5.36. The van der Waals surface area contributed by atoms with Crippen LogP contribution in [0.15, 0.2) is 47.4 Å². The zero-order valence-corrected chi connectivity index (χ0v) is 20.5. The molecule has 1 amide bonds. The van der Waals surface area contributed by atoms with Gasteiger partial charge in [0.25, 0.3) is 0 Å². The Kier molecular flexibility index (Phi) is 8.34. The largest absolute Gasteiger partial charge is 0.493 e. The molecule has 2 aromatic rings. The van der Waals surface area contributed by atoms with E-state index < -0.39 is 10.0 Å². The lowest BCUT2D eigenvalue weighted by molar-refractivity contribution is -0.126. The maximum absolute atomic E-state index is 13.0. The van der Waals surface area contributed by atoms with E-state index in [1.54, 1.807) is 26.4 Å². The van der Waals surface area contributed by atoms with E-state index >= 15 is 0 Å². The summed E-state index contributed by atoms with van der Waals surface area (Å²) in [5, 5.41) is 2.97. The minimum absolute atomic E-state index is 0.0976. The average molecular weight is 476 g/mol. The van der Waals surface area contributed by atoms with Crippen LogP contribution in [0.4, 0.5) is 0 Å². The molecule has 0 spiro atoms. The molecule has 2 aromatic carbocycles. The minimum Gasteiger partial charge on any atom is -0.493 e. The molecule has 8 nitrogen and oxygen atoms in total. The lowest BCUT2D eigenvalue weighted by Gasteiger charge is -2.27. The zero-order chi connectivity index (χ0) is 24.0. The van der Waals surface area contributed by atoms with Gasteiger partial charge in [-0.1, -0.05) is 23.8 Å². The number of nitrogens with zero attached hydrogens (tertiary/aromatic N) is 2. The van der Waals surface area contributed by atoms with Gasteiger partial charge in [0.1, 0.15) is 0 Å². The number of sulfonamides is 1. The van der Waals surface area contributed by atoms with Crippen molar-refractivity contribution in [2.45, 2.75) is 37.8 Å². The van der Waals surface area contributed by atoms with E-state index in [9.17, 15) is 13.2 Å². The van der Waals surface area contributed by atoms with Gasteiger partial charge in [0.2, 0.25) is 15.9 Å². The number of hydrogen-bond acceptors (Lipinski definition) is 6. The Morgan fingerprint density at radius 1 is 1.00 bits per heavy atom. The number of benzene rings is 2. The van der Waals surface area contributed by atoms with Crippen molar-refractivity contribution >= 4 is 15.9 Å². The van der Waals surface area contributed by atoms with Gasteiger partial charge in [-0.15, -0.1) is 0 Å². The first-order valence-electron chi connectivity index (χ1n) is 11.1. The lowest BCUT2D eigenvalue weighted by Crippen LogP contribution is -2.46. The molecule has 1 fully saturated rings. The first kappa shape index (κ1) is 25.0. The monoisotopic (exact) mass is 475 g/mol. The molecule has 1 aliphatic heterocycles. The molecule has 1 aliphatic rings. The quantitative estimate of drug-likeness (QED) is 0.631. The van der Waals surface area contributed by atoms with E-state index in [4.69, 9.17) is 9.47 Å². The lowest BCUT2D eigenvalue weighted by atomic mass is 10.2. The van der Waals surface area contributed by atoms with Gasteiger partial charge in [-0.3, -0.25) is 9.69 Å². The molecule has 180 valence electrons. The first-order valence-corrected chi connectivity index (χ1v) is 12.5. The molecule has 9 heteroatoms. The zero-order valence-electron chi connectivity index (χ0n) is 19.7. The summed E-state index contributed by atoms with van der Waals surface area (Å²) < 4.78 is 38.1. The Morgan fingerprint density at radius 2 is 1.70 bits per heavy atom. The van der Waals surface area contributed by atoms with Crippen LogP contribution in [0.2, 0.25) is 0 Å². The van der Waals surface area contributed by atoms with E-state index in [0.717, 1.165) is 11.1 Å². The molecule has 0 aromatic heterocycles. The highest BCUT2D eigenvalue weighted by Crippen LogP contribution is 2.27. The molecule has 1 heterocycles. The van der Waals surface area contributed by atoms with E-state index in [1.807, 2.05) is 49.1 Å². The summed E-state index contributed by atoms with van der Waals surface area (Å²) >= 11 is 0. The summed E-state index contributed by atoms with van der Waals surface area (Å²) in [6, 6.07) is 12.1. The smallest absolute Gasteiger partial charge is 0.243 e. The van der Waals surface area contributed by atoms with Crippen molar-refractivity contribution in [2.75, 3.05) is 40.4 Å². The highest BCUT2D eigenvalue weighted by molar-refractivity contribution is 7.89. The summed E-state index contributed by atoms with van der Waals surface area (Å²) in [6.07, 6.45) is 0.665. The molecule has 0 bridgehead atoms. The first-order chi connectivity index (χ1) is 15.8. The number of carbonyl (C=O) groups excluding carboxylic acids is 1. The molecule has 0 radical (unpaired) electrons. The number of nitrogens with one attached hydrogen (secondary N) is 1. The van der Waals surface area contributed by atoms with Crippen molar-refractivity contribution in [3.8, 4) is 11.5 Å². The molecule has 0 unspecified atom stereocenters. The maximum Gasteiger partial charge on any atom is 0.243 e. The van der Waals surface area contributed by atoms with Gasteiger partial charge in [-0.05, 0) is 50.1 Å². The van der Waals surface area contributed by atoms with E-state index in [1.165, 1.54) is 4.31 Å². The number of ether oxygens (including phenoxy) is 2. The third-order valence-corrected chi connectivity index (χ3v) is 7.90. The highest BCUT2D eigenvalue weighted by Gasteiger charge is 2.29. The van der Waals surface area contributed by atoms with Crippen LogP contribution in [0.1, 0.15) is 24.5 Å². The van der Waals surface area contributed by atoms with Gasteiger partial charge in [0.05, 0.1) is 25.2 Å². The molecule has 0 aliphatic carbocycles. The van der Waals surface area contributed by atoms with Gasteiger partial charge in [0.15, 0.2) is 11.5 Å². The number of rotatable bonds is 8. The van der Waals surface area contributed by atoms with Crippen LogP contribution in [0.5, 0.6) is 11.5 Å². The summed E-state index contributed by atoms with van der Waals surface area (Å²) in [5.41, 5.74) is 1.92. The maximum atomic E-state index is 13.0. The van der Waals surface area contributed by atoms with E-state index in [0.29, 0.717) is 55.5 Å². The summed E-state index contributed by atoms with van der Waals surface area (Å²) in [5.74, 6) is 1.15. The van der Waals surface area contributed by atoms with Gasteiger partial charge in [-0.2, -0.15) is 4.31 Å². The van der Waals surface area contributed by atoms with Crippen molar-refractivity contribution in [1.82, 2.24) is 14.5 Å². The standard InChI is InChI=1S/C24H33N3O5S/c1-18-6-9-21(10-7-18)33(29,30)27-13-5-12-26(14-15-27)19(2)24(28)25-17-20-8-11-22(31-3)23(16-20)32-4/h6-11,16,19H,5,12-15,17H2,1-4H3,(H,25,28)/t19-/m1/s1. The van der Waals surface area contributed by atoms with Gasteiger partial charge < -0.3 is 14.8 Å². The van der Waals surface area contributed by atoms with Gasteiger partial charge >= 0.3 is 0 Å². The number of amides is 1. The van der Waals surface area contributed by atoms with Crippen LogP contribution in [0.3, 0.4) is 0 Å². The molecule has 0 saturated carbocycles. The number of aryl methyl sites for hydroxylation is 1. The number of methoxy groups -OCH3 is 2. The van der Waals surface area contributed by atoms with Crippen LogP contribution < -0.4 is 14.8 Å². The molecule has 1 saturated heterocycles. The minimum atomic E-state index is -3.55. The molecular formula is C24H33N3O5S. The number of hydrogen-bond donors (Lipinski definition) is 1. The van der Waals surface area contributed by atoms with Crippen LogP contribution in [0.25, 0.3) is 0 Å². The Balaban J connectivity index is 1.58. The van der Waals surface area contributed by atoms with Crippen LogP contribution in [-0.4, -0.2) is 70.0 Å². The van der Waals surface area contributed by atoms with Crippen molar-refractivity contribution in [2.24, 2.45) is 0 Å². The topological polar surface area (TPSA) is 88.2 Å². The molecule has 1 atom stereocenters. The van der Waals surface area contributed by atoms with E-state index in [2.05, 4.69) is 5.32 Å². The molecular weight excluding hydrogens is 442 g/mol. The summed E-state index contributed by atoms with van der Waals surface area (Å²) in [4.78, 5) is 15.1. The Labute approximate surface area is 196 Å². The van der Waals surface area contributed by atoms with Crippen LogP contribution in [0, 0.1) is 6.92 Å². The van der Waals surface area contributed by atoms with Crippen molar-refractivity contribution in [3.63, 3.8) is 0 Å². The SMILES string of the molecule is COc1ccc(CNC(=O)[C@@H](C)N2CCCN(S(=O)(=O)c3ccc(C)cc3)CC2)cc1OC. The fourth-order valence-electron chi connectivity index (χ4n) is 3.89. The highest BCUT2D eigenvalue weighted by atomic mass is 32.2. The second-order valence-electron chi connectivity index (χ2n) is 8.19. The van der Waals surface area contributed by atoms with Gasteiger partial charge in [0, 0.05) is 32.7 Å². The van der Waals surface area contributed by atoms with Crippen molar-refractivity contribution < 1.29 is 22.7 Å². The normalized spacial score (nSPS) is 16.6. The Morgan fingerprint density at radius 3 is 2.36 bits per heavy atom. The second kappa shape index (κ2) is 11.0. The van der Waals surface area contributed by atoms with Gasteiger partial charge in [-0.25, -0.2) is 8.42 Å². The van der Waals surface area contributed by atoms with Crippen molar-refractivity contribution in [1.29, 1.82) is 0 Å². The van der Waals surface area contributed by atoms with Crippen LogP contribution >= 0.6 is 0 Å². The molecule has 1 N–H and O–H groups in total. The predicted molar refractivity (Wildman–Crippen MR) is 127 cm³/mol. The summed E-state index contributed by atoms with van der Waals surface area (Å²) in [7, 11) is -0.394. The third kappa shape index (κ3) is 6.04. The predicted octanol–water partition coefficient (Wildman–Crippen LogP) is 2.41. The fraction of sp³-hybridized carbons (Fsp3) is 0.458. The number of carbonyl (C=O) groups is 1. The molecule has 33 heavy (non-hydrogen) atoms. The average Bonchev–Trinajstić information content (AvgIpc) is 3.09. The van der Waals surface area contributed by atoms with Crippen molar-refractivity contribution in [3.05, 3.63) is 53.6 Å². The van der Waals surface area contributed by atoms with E-state index in [-0.39, 0.29) is 11.9 Å². The Bertz CT molecular complexity index is 1060. The summed E-state index contributed by atoms with van der Waals surface area (Å²) in [6.45, 7) is 6.09. The molecule has 3 rings (SSSR count). The Hall–Kier alpha value is -2.62. The second-order valence-corrected chi connectivity index (χ2v) is 10.1. The van der Waals surface area contributed by atoms with Crippen LogP contribution in [-0.2, 0) is 21.4 Å².